The van der Waals surface area contributed by atoms with E-state index in [2.05, 4.69) is 53.8 Å². The third kappa shape index (κ3) is 3.41. The zero-order valence-corrected chi connectivity index (χ0v) is 21.9. The highest BCUT2D eigenvalue weighted by atomic mass is 28.4. The first-order valence-corrected chi connectivity index (χ1v) is 15.6. The van der Waals surface area contributed by atoms with Crippen LogP contribution in [0.25, 0.3) is 0 Å². The predicted octanol–water partition coefficient (Wildman–Crippen LogP) is 7.54. The van der Waals surface area contributed by atoms with Crippen LogP contribution in [0.4, 0.5) is 0 Å². The molecule has 0 aromatic carbocycles. The second-order valence-corrected chi connectivity index (χ2v) is 18.0. The Morgan fingerprint density at radius 1 is 1.07 bits per heavy atom. The van der Waals surface area contributed by atoms with Crippen molar-refractivity contribution < 1.29 is 9.22 Å². The van der Waals surface area contributed by atoms with E-state index in [4.69, 9.17) is 4.43 Å². The van der Waals surface area contributed by atoms with Crippen molar-refractivity contribution in [1.29, 1.82) is 0 Å². The number of carbonyl (C=O) groups excluding carboxylic acids is 1. The minimum atomic E-state index is -1.71. The summed E-state index contributed by atoms with van der Waals surface area (Å²) in [5, 5.41) is 0.281. The normalized spacial score (nSPS) is 44.0. The molecule has 0 spiro atoms. The molecule has 3 fully saturated rings. The highest BCUT2D eigenvalue weighted by Crippen LogP contribution is 2.66. The Morgan fingerprint density at radius 3 is 2.40 bits per heavy atom. The molecular formula is C27H46O2Si. The summed E-state index contributed by atoms with van der Waals surface area (Å²) in [6.45, 7) is 18.7. The quantitative estimate of drug-likeness (QED) is 0.341. The van der Waals surface area contributed by atoms with E-state index in [1.807, 2.05) is 6.92 Å². The number of fused-ring (bicyclic) bond motifs is 5. The molecule has 0 aromatic heterocycles. The second kappa shape index (κ2) is 7.30. The highest BCUT2D eigenvalue weighted by molar-refractivity contribution is 6.74. The lowest BCUT2D eigenvalue weighted by molar-refractivity contribution is -0.127. The monoisotopic (exact) mass is 430 g/mol. The first-order chi connectivity index (χ1) is 13.8. The molecule has 2 nitrogen and oxygen atoms in total. The fourth-order valence-corrected chi connectivity index (χ4v) is 9.38. The van der Waals surface area contributed by atoms with Gasteiger partial charge in [0.05, 0.1) is 0 Å². The van der Waals surface area contributed by atoms with Crippen LogP contribution in [0.5, 0.6) is 0 Å². The molecule has 0 aromatic rings. The smallest absolute Gasteiger partial charge is 0.192 e. The lowest BCUT2D eigenvalue weighted by Crippen LogP contribution is -2.52. The van der Waals surface area contributed by atoms with Crippen LogP contribution in [0, 0.1) is 34.5 Å². The molecule has 0 N–H and O–H groups in total. The summed E-state index contributed by atoms with van der Waals surface area (Å²) in [5.41, 5.74) is 2.34. The Morgan fingerprint density at radius 2 is 1.77 bits per heavy atom. The van der Waals surface area contributed by atoms with Gasteiger partial charge in [-0.25, -0.2) is 0 Å². The lowest BCUT2D eigenvalue weighted by Gasteiger charge is -2.58. The molecule has 0 heterocycles. The number of allylic oxidation sites excluding steroid dienone is 1. The van der Waals surface area contributed by atoms with Gasteiger partial charge in [0, 0.05) is 12.0 Å². The molecule has 0 radical (unpaired) electrons. The predicted molar refractivity (Wildman–Crippen MR) is 128 cm³/mol. The number of ketones is 1. The van der Waals surface area contributed by atoms with E-state index >= 15 is 0 Å². The molecule has 30 heavy (non-hydrogen) atoms. The van der Waals surface area contributed by atoms with Crippen molar-refractivity contribution >= 4 is 14.1 Å². The number of hydrogen-bond donors (Lipinski definition) is 0. The summed E-state index contributed by atoms with van der Waals surface area (Å²) in [6.07, 6.45) is 13.0. The van der Waals surface area contributed by atoms with Gasteiger partial charge >= 0.3 is 0 Å². The minimum Gasteiger partial charge on any atom is -0.414 e. The van der Waals surface area contributed by atoms with Gasteiger partial charge in [-0.2, -0.15) is 0 Å². The average molecular weight is 431 g/mol. The second-order valence-electron chi connectivity index (χ2n) is 13.3. The summed E-state index contributed by atoms with van der Waals surface area (Å²) in [6, 6.07) is 0. The van der Waals surface area contributed by atoms with Gasteiger partial charge in [0.2, 0.25) is 0 Å². The molecule has 0 amide bonds. The van der Waals surface area contributed by atoms with Crippen LogP contribution in [0.1, 0.15) is 92.9 Å². The Kier molecular flexibility index (Phi) is 5.54. The molecule has 3 heteroatoms. The van der Waals surface area contributed by atoms with Crippen LogP contribution in [0.2, 0.25) is 18.1 Å². The maximum Gasteiger partial charge on any atom is 0.192 e. The van der Waals surface area contributed by atoms with Gasteiger partial charge in [-0.3, -0.25) is 4.79 Å². The third-order valence-electron chi connectivity index (χ3n) is 10.8. The first kappa shape index (κ1) is 22.8. The van der Waals surface area contributed by atoms with Crippen molar-refractivity contribution in [3.63, 3.8) is 0 Å². The summed E-state index contributed by atoms with van der Waals surface area (Å²) >= 11 is 0. The largest absolute Gasteiger partial charge is 0.414 e. The summed E-state index contributed by atoms with van der Waals surface area (Å²) in [5.74, 6) is 3.12. The average Bonchev–Trinajstić information content (AvgIpc) is 2.98. The summed E-state index contributed by atoms with van der Waals surface area (Å²) in [4.78, 5) is 12.4. The van der Waals surface area contributed by atoms with Crippen LogP contribution < -0.4 is 0 Å². The van der Waals surface area contributed by atoms with E-state index < -0.39 is 8.32 Å². The number of carbonyl (C=O) groups is 1. The lowest BCUT2D eigenvalue weighted by atomic mass is 9.47. The molecular weight excluding hydrogens is 384 g/mol. The van der Waals surface area contributed by atoms with E-state index in [1.54, 1.807) is 5.57 Å². The molecule has 0 saturated heterocycles. The molecule has 3 saturated carbocycles. The molecule has 170 valence electrons. The zero-order valence-electron chi connectivity index (χ0n) is 20.9. The summed E-state index contributed by atoms with van der Waals surface area (Å²) in [7, 11) is -1.71. The van der Waals surface area contributed by atoms with Crippen LogP contribution in [0.15, 0.2) is 11.6 Å². The molecule has 0 aliphatic heterocycles. The van der Waals surface area contributed by atoms with E-state index in [0.717, 1.165) is 30.6 Å². The molecule has 4 rings (SSSR count). The van der Waals surface area contributed by atoms with Crippen molar-refractivity contribution in [3.8, 4) is 0 Å². The van der Waals surface area contributed by atoms with E-state index in [1.165, 1.54) is 38.5 Å². The number of hydrogen-bond acceptors (Lipinski definition) is 2. The molecule has 7 atom stereocenters. The summed E-state index contributed by atoms with van der Waals surface area (Å²) < 4.78 is 6.86. The number of rotatable bonds is 3. The van der Waals surface area contributed by atoms with Gasteiger partial charge in [0.1, 0.15) is 5.78 Å². The topological polar surface area (TPSA) is 26.3 Å². The third-order valence-corrected chi connectivity index (χ3v) is 15.4. The van der Waals surface area contributed by atoms with Crippen LogP contribution >= 0.6 is 0 Å². The maximum absolute atomic E-state index is 12.4. The fourth-order valence-electron chi connectivity index (χ4n) is 7.99. The Labute approximate surface area is 186 Å². The first-order valence-electron chi connectivity index (χ1n) is 12.7. The van der Waals surface area contributed by atoms with Crippen molar-refractivity contribution in [2.45, 2.75) is 117 Å². The van der Waals surface area contributed by atoms with Crippen molar-refractivity contribution in [3.05, 3.63) is 11.6 Å². The van der Waals surface area contributed by atoms with Crippen LogP contribution in [-0.4, -0.2) is 20.2 Å². The molecule has 0 unspecified atom stereocenters. The number of Topliss-reactive ketones (excluding diaryl/α,β-unsaturated/α-hetero) is 1. The molecule has 4 aliphatic carbocycles. The van der Waals surface area contributed by atoms with Gasteiger partial charge in [-0.05, 0) is 105 Å². The van der Waals surface area contributed by atoms with Gasteiger partial charge < -0.3 is 4.43 Å². The van der Waals surface area contributed by atoms with Gasteiger partial charge in [0.15, 0.2) is 8.32 Å². The van der Waals surface area contributed by atoms with Crippen LogP contribution in [-0.2, 0) is 9.22 Å². The van der Waals surface area contributed by atoms with Gasteiger partial charge in [0.25, 0.3) is 0 Å². The van der Waals surface area contributed by atoms with Gasteiger partial charge in [-0.1, -0.05) is 46.3 Å². The minimum absolute atomic E-state index is 0.261. The maximum atomic E-state index is 12.4. The zero-order chi connectivity index (χ0) is 22.1. The van der Waals surface area contributed by atoms with Crippen molar-refractivity contribution in [1.82, 2.24) is 0 Å². The van der Waals surface area contributed by atoms with E-state index in [9.17, 15) is 4.79 Å². The van der Waals surface area contributed by atoms with Gasteiger partial charge in [-0.15, -0.1) is 0 Å². The van der Waals surface area contributed by atoms with Crippen molar-refractivity contribution in [2.24, 2.45) is 34.5 Å². The Hall–Kier alpha value is -0.413. The SMILES string of the molecule is CC(=O)[C@@H]1CC[C@@H]2[C@H]3CC=C4C[C@H](O[Si](C)(C)C(C)(C)C)CC[C@@]4(C)[C@@H]3CC[C@]21C. The van der Waals surface area contributed by atoms with E-state index in [-0.39, 0.29) is 10.5 Å². The Bertz CT molecular complexity index is 732. The highest BCUT2D eigenvalue weighted by Gasteiger charge is 2.59. The van der Waals surface area contributed by atoms with Crippen LogP contribution in [0.3, 0.4) is 0 Å². The Balaban J connectivity index is 1.53. The van der Waals surface area contributed by atoms with E-state index in [0.29, 0.717) is 23.2 Å². The molecule has 0 bridgehead atoms. The molecule has 4 aliphatic rings. The van der Waals surface area contributed by atoms with Crippen molar-refractivity contribution in [2.75, 3.05) is 0 Å². The fraction of sp³-hybridized carbons (Fsp3) is 0.889. The standard InChI is InChI=1S/C27H46O2Si/c1-18(28)22-11-12-23-21-10-9-19-17-20(29-30(7,8)25(2,3)4)13-15-26(19,5)24(21)14-16-27(22,23)6/h9,20-24H,10-17H2,1-8H3/t20-,21-,22+,23-,24-,26-,27+/m1/s1.